The lowest BCUT2D eigenvalue weighted by Gasteiger charge is -2.21. The van der Waals surface area contributed by atoms with Gasteiger partial charge in [-0.2, -0.15) is 5.10 Å². The van der Waals surface area contributed by atoms with Gasteiger partial charge in [0, 0.05) is 41.5 Å². The topological polar surface area (TPSA) is 46.9 Å². The first-order chi connectivity index (χ1) is 12.9. The molecular formula is C21H19ClFN3O. The molecule has 0 bridgehead atoms. The van der Waals surface area contributed by atoms with Gasteiger partial charge in [-0.3, -0.25) is 9.48 Å². The third-order valence-electron chi connectivity index (χ3n) is 5.07. The summed E-state index contributed by atoms with van der Waals surface area (Å²) in [7, 11) is 1.80. The van der Waals surface area contributed by atoms with Gasteiger partial charge in [0.15, 0.2) is 0 Å². The average molecular weight is 384 g/mol. The van der Waals surface area contributed by atoms with Crippen LogP contribution >= 0.6 is 11.6 Å². The Labute approximate surface area is 162 Å². The number of nitrogens with one attached hydrogen (secondary N) is 1. The second-order valence-corrected chi connectivity index (χ2v) is 7.28. The molecule has 0 aliphatic carbocycles. The Morgan fingerprint density at radius 1 is 1.30 bits per heavy atom. The maximum atomic E-state index is 14.6. The Balaban J connectivity index is 1.68. The first-order valence-corrected chi connectivity index (χ1v) is 9.18. The van der Waals surface area contributed by atoms with Crippen LogP contribution in [0.25, 0.3) is 11.1 Å². The zero-order valence-corrected chi connectivity index (χ0v) is 15.9. The smallest absolute Gasteiger partial charge is 0.251 e. The van der Waals surface area contributed by atoms with E-state index < -0.39 is 0 Å². The molecule has 1 N–H and O–H groups in total. The molecule has 0 spiro atoms. The van der Waals surface area contributed by atoms with Gasteiger partial charge in [-0.1, -0.05) is 23.7 Å². The molecular weight excluding hydrogens is 365 g/mol. The predicted molar refractivity (Wildman–Crippen MR) is 104 cm³/mol. The summed E-state index contributed by atoms with van der Waals surface area (Å²) in [6.45, 7) is 2.55. The van der Waals surface area contributed by atoms with E-state index in [4.69, 9.17) is 11.6 Å². The van der Waals surface area contributed by atoms with E-state index in [0.29, 0.717) is 29.1 Å². The lowest BCUT2D eigenvalue weighted by atomic mass is 9.91. The molecule has 0 atom stereocenters. The Kier molecular flexibility index (Phi) is 4.48. The third kappa shape index (κ3) is 3.23. The molecule has 6 heteroatoms. The highest BCUT2D eigenvalue weighted by Crippen LogP contribution is 2.31. The standard InChI is InChI=1S/C21H19ClFN3O/c1-12-14(9-18-17(20(12)22)5-6-24-21(18)27)7-13-3-4-16(19(23)8-13)15-10-25-26(2)11-15/h3-4,8-11H,5-7H2,1-2H3,(H,24,27). The number of carbonyl (C=O) groups is 1. The molecule has 1 aliphatic heterocycles. The normalized spacial score (nSPS) is 13.4. The number of fused-ring (bicyclic) bond motifs is 1. The van der Waals surface area contributed by atoms with Crippen molar-refractivity contribution in [3.8, 4) is 11.1 Å². The van der Waals surface area contributed by atoms with Gasteiger partial charge in [0.1, 0.15) is 5.82 Å². The van der Waals surface area contributed by atoms with Crippen LogP contribution < -0.4 is 5.32 Å². The molecule has 1 amide bonds. The monoisotopic (exact) mass is 383 g/mol. The second-order valence-electron chi connectivity index (χ2n) is 6.90. The van der Waals surface area contributed by atoms with Crippen LogP contribution in [0.2, 0.25) is 5.02 Å². The molecule has 27 heavy (non-hydrogen) atoms. The van der Waals surface area contributed by atoms with Crippen LogP contribution in [0.15, 0.2) is 36.7 Å². The van der Waals surface area contributed by atoms with E-state index in [0.717, 1.165) is 34.2 Å². The molecule has 4 nitrogen and oxygen atoms in total. The molecule has 2 heterocycles. The summed E-state index contributed by atoms with van der Waals surface area (Å²) >= 11 is 6.52. The fourth-order valence-corrected chi connectivity index (χ4v) is 3.88. The largest absolute Gasteiger partial charge is 0.352 e. The van der Waals surface area contributed by atoms with Crippen LogP contribution in [0.4, 0.5) is 4.39 Å². The lowest BCUT2D eigenvalue weighted by molar-refractivity contribution is 0.0946. The van der Waals surface area contributed by atoms with Crippen LogP contribution in [-0.2, 0) is 19.9 Å². The number of hydrogen-bond donors (Lipinski definition) is 1. The number of hydrogen-bond acceptors (Lipinski definition) is 2. The fraction of sp³-hybridized carbons (Fsp3) is 0.238. The number of rotatable bonds is 3. The van der Waals surface area contributed by atoms with E-state index in [1.807, 2.05) is 19.1 Å². The zero-order chi connectivity index (χ0) is 19.1. The van der Waals surface area contributed by atoms with E-state index in [9.17, 15) is 9.18 Å². The van der Waals surface area contributed by atoms with Crippen LogP contribution in [-0.4, -0.2) is 22.2 Å². The number of aromatic nitrogens is 2. The SMILES string of the molecule is Cc1c(Cc2ccc(-c3cnn(C)c3)c(F)c2)cc2c(c1Cl)CCNC2=O. The summed E-state index contributed by atoms with van der Waals surface area (Å²) in [6.07, 6.45) is 4.67. The Morgan fingerprint density at radius 2 is 2.11 bits per heavy atom. The summed E-state index contributed by atoms with van der Waals surface area (Å²) in [5.41, 5.74) is 5.50. The molecule has 0 fully saturated rings. The van der Waals surface area contributed by atoms with E-state index in [1.165, 1.54) is 6.07 Å². The minimum atomic E-state index is -0.292. The van der Waals surface area contributed by atoms with E-state index in [2.05, 4.69) is 10.4 Å². The number of aryl methyl sites for hydroxylation is 1. The van der Waals surface area contributed by atoms with Crippen molar-refractivity contribution < 1.29 is 9.18 Å². The van der Waals surface area contributed by atoms with E-state index >= 15 is 0 Å². The van der Waals surface area contributed by atoms with Crippen molar-refractivity contribution >= 4 is 17.5 Å². The molecule has 0 saturated carbocycles. The van der Waals surface area contributed by atoms with Crippen LogP contribution in [0, 0.1) is 12.7 Å². The highest BCUT2D eigenvalue weighted by molar-refractivity contribution is 6.32. The minimum absolute atomic E-state index is 0.0995. The van der Waals surface area contributed by atoms with E-state index in [-0.39, 0.29) is 11.7 Å². The zero-order valence-electron chi connectivity index (χ0n) is 15.1. The molecule has 3 aromatic rings. The Morgan fingerprint density at radius 3 is 2.81 bits per heavy atom. The summed E-state index contributed by atoms with van der Waals surface area (Å²) in [5.74, 6) is -0.391. The van der Waals surface area contributed by atoms with Crippen LogP contribution in [0.5, 0.6) is 0 Å². The first-order valence-electron chi connectivity index (χ1n) is 8.80. The fourth-order valence-electron chi connectivity index (χ4n) is 3.56. The summed E-state index contributed by atoms with van der Waals surface area (Å²) in [5, 5.41) is 7.58. The third-order valence-corrected chi connectivity index (χ3v) is 5.58. The van der Waals surface area contributed by atoms with Gasteiger partial charge in [-0.15, -0.1) is 0 Å². The Bertz CT molecular complexity index is 1060. The molecule has 138 valence electrons. The van der Waals surface area contributed by atoms with Gasteiger partial charge in [0.05, 0.1) is 6.20 Å². The van der Waals surface area contributed by atoms with Crippen molar-refractivity contribution in [3.05, 3.63) is 75.3 Å². The molecule has 0 saturated heterocycles. The van der Waals surface area contributed by atoms with Crippen molar-refractivity contribution in [3.63, 3.8) is 0 Å². The molecule has 0 unspecified atom stereocenters. The van der Waals surface area contributed by atoms with Crippen LogP contribution in [0.3, 0.4) is 0 Å². The number of benzene rings is 2. The van der Waals surface area contributed by atoms with Crippen LogP contribution in [0.1, 0.15) is 32.6 Å². The first kappa shape index (κ1) is 17.7. The van der Waals surface area contributed by atoms with Gasteiger partial charge < -0.3 is 5.32 Å². The van der Waals surface area contributed by atoms with Crippen molar-refractivity contribution in [1.29, 1.82) is 0 Å². The van der Waals surface area contributed by atoms with Crippen molar-refractivity contribution in [2.24, 2.45) is 7.05 Å². The molecule has 0 radical (unpaired) electrons. The molecule has 1 aromatic heterocycles. The molecule has 2 aromatic carbocycles. The van der Waals surface area contributed by atoms with Crippen molar-refractivity contribution in [1.82, 2.24) is 15.1 Å². The Hall–Kier alpha value is -2.66. The second kappa shape index (κ2) is 6.82. The highest BCUT2D eigenvalue weighted by atomic mass is 35.5. The van der Waals surface area contributed by atoms with Gasteiger partial charge >= 0.3 is 0 Å². The predicted octanol–water partition coefficient (Wildman–Crippen LogP) is 4.06. The van der Waals surface area contributed by atoms with Crippen molar-refractivity contribution in [2.75, 3.05) is 6.54 Å². The number of nitrogens with zero attached hydrogens (tertiary/aromatic N) is 2. The average Bonchev–Trinajstić information content (AvgIpc) is 3.06. The van der Waals surface area contributed by atoms with Crippen molar-refractivity contribution in [2.45, 2.75) is 19.8 Å². The lowest BCUT2D eigenvalue weighted by Crippen LogP contribution is -2.32. The van der Waals surface area contributed by atoms with Gasteiger partial charge in [0.2, 0.25) is 0 Å². The minimum Gasteiger partial charge on any atom is -0.352 e. The van der Waals surface area contributed by atoms with Gasteiger partial charge in [0.25, 0.3) is 5.91 Å². The maximum Gasteiger partial charge on any atom is 0.251 e. The van der Waals surface area contributed by atoms with Gasteiger partial charge in [-0.05, 0) is 54.2 Å². The summed E-state index contributed by atoms with van der Waals surface area (Å²) in [4.78, 5) is 12.2. The molecule has 4 rings (SSSR count). The summed E-state index contributed by atoms with van der Waals surface area (Å²) < 4.78 is 16.3. The molecule has 1 aliphatic rings. The quantitative estimate of drug-likeness (QED) is 0.741. The number of halogens is 2. The summed E-state index contributed by atoms with van der Waals surface area (Å²) in [6, 6.07) is 7.09. The number of carbonyl (C=O) groups excluding carboxylic acids is 1. The maximum absolute atomic E-state index is 14.6. The van der Waals surface area contributed by atoms with Gasteiger partial charge in [-0.25, -0.2) is 4.39 Å². The number of amides is 1. The van der Waals surface area contributed by atoms with E-state index in [1.54, 1.807) is 30.2 Å². The highest BCUT2D eigenvalue weighted by Gasteiger charge is 2.22.